The Morgan fingerprint density at radius 2 is 1.63 bits per heavy atom. The second kappa shape index (κ2) is 5.68. The number of hydrazone groups is 1. The van der Waals surface area contributed by atoms with Crippen molar-refractivity contribution in [3.05, 3.63) is 65.7 Å². The van der Waals surface area contributed by atoms with Crippen LogP contribution in [-0.4, -0.2) is 11.7 Å². The number of amidine groups is 1. The van der Waals surface area contributed by atoms with Gasteiger partial charge in [0.2, 0.25) is 0 Å². The first-order chi connectivity index (χ1) is 9.18. The van der Waals surface area contributed by atoms with Gasteiger partial charge in [0.05, 0.1) is 0 Å². The van der Waals surface area contributed by atoms with Crippen molar-refractivity contribution >= 4 is 17.4 Å². The standard InChI is InChI=1S/C14H14N4O/c15-12-9-5-4-8-11(12)13(16)17-18-14(19)10-6-2-1-3-7-10/h1-9H,15H2,(H2,16,17)(H,18,19). The Labute approximate surface area is 110 Å². The molecule has 5 nitrogen and oxygen atoms in total. The summed E-state index contributed by atoms with van der Waals surface area (Å²) < 4.78 is 0. The van der Waals surface area contributed by atoms with E-state index in [2.05, 4.69) is 10.5 Å². The van der Waals surface area contributed by atoms with E-state index < -0.39 is 0 Å². The van der Waals surface area contributed by atoms with Crippen LogP contribution in [0.3, 0.4) is 0 Å². The molecule has 0 spiro atoms. The predicted octanol–water partition coefficient (Wildman–Crippen LogP) is 1.32. The lowest BCUT2D eigenvalue weighted by Gasteiger charge is -2.05. The number of amides is 1. The minimum atomic E-state index is -0.321. The molecule has 0 atom stereocenters. The van der Waals surface area contributed by atoms with Crippen LogP contribution in [-0.2, 0) is 0 Å². The first kappa shape index (κ1) is 12.6. The normalized spacial score (nSPS) is 11.1. The third-order valence-electron chi connectivity index (χ3n) is 2.55. The fraction of sp³-hybridized carbons (Fsp3) is 0. The maximum atomic E-state index is 11.8. The van der Waals surface area contributed by atoms with E-state index in [1.807, 2.05) is 6.07 Å². The summed E-state index contributed by atoms with van der Waals surface area (Å²) in [5.41, 5.74) is 15.6. The highest BCUT2D eigenvalue weighted by atomic mass is 16.2. The number of nitrogens with two attached hydrogens (primary N) is 2. The van der Waals surface area contributed by atoms with Crippen molar-refractivity contribution in [1.82, 2.24) is 5.43 Å². The van der Waals surface area contributed by atoms with Crippen LogP contribution in [0.2, 0.25) is 0 Å². The van der Waals surface area contributed by atoms with Crippen LogP contribution >= 0.6 is 0 Å². The van der Waals surface area contributed by atoms with E-state index in [9.17, 15) is 4.79 Å². The first-order valence-electron chi connectivity index (χ1n) is 5.72. The number of benzene rings is 2. The molecule has 1 amide bonds. The van der Waals surface area contributed by atoms with Gasteiger partial charge in [0, 0.05) is 16.8 Å². The van der Waals surface area contributed by atoms with Crippen LogP contribution in [0, 0.1) is 0 Å². The zero-order chi connectivity index (χ0) is 13.7. The Hall–Kier alpha value is -2.82. The van der Waals surface area contributed by atoms with Crippen molar-refractivity contribution in [3.8, 4) is 0 Å². The fourth-order valence-corrected chi connectivity index (χ4v) is 1.56. The maximum absolute atomic E-state index is 11.8. The topological polar surface area (TPSA) is 93.5 Å². The van der Waals surface area contributed by atoms with Gasteiger partial charge in [-0.25, -0.2) is 5.43 Å². The van der Waals surface area contributed by atoms with Crippen LogP contribution in [0.1, 0.15) is 15.9 Å². The van der Waals surface area contributed by atoms with Crippen LogP contribution in [0.25, 0.3) is 0 Å². The second-order valence-corrected chi connectivity index (χ2v) is 3.89. The summed E-state index contributed by atoms with van der Waals surface area (Å²) in [6, 6.07) is 15.8. The van der Waals surface area contributed by atoms with Gasteiger partial charge in [-0.1, -0.05) is 30.3 Å². The summed E-state index contributed by atoms with van der Waals surface area (Å²) in [6.07, 6.45) is 0. The molecule has 96 valence electrons. The second-order valence-electron chi connectivity index (χ2n) is 3.89. The van der Waals surface area contributed by atoms with E-state index in [1.54, 1.807) is 48.5 Å². The number of anilines is 1. The molecule has 0 bridgehead atoms. The Bertz CT molecular complexity index is 608. The van der Waals surface area contributed by atoms with Gasteiger partial charge in [0.1, 0.15) is 0 Å². The number of hydrogen-bond acceptors (Lipinski definition) is 3. The number of hydrogen-bond donors (Lipinski definition) is 3. The van der Waals surface area contributed by atoms with Crippen molar-refractivity contribution in [2.24, 2.45) is 10.8 Å². The van der Waals surface area contributed by atoms with Gasteiger partial charge in [0.15, 0.2) is 5.84 Å². The van der Waals surface area contributed by atoms with Gasteiger partial charge in [-0.2, -0.15) is 5.10 Å². The summed E-state index contributed by atoms with van der Waals surface area (Å²) in [4.78, 5) is 11.8. The lowest BCUT2D eigenvalue weighted by Crippen LogP contribution is -2.24. The molecule has 19 heavy (non-hydrogen) atoms. The minimum Gasteiger partial charge on any atom is -0.398 e. The van der Waals surface area contributed by atoms with Crippen molar-refractivity contribution in [3.63, 3.8) is 0 Å². The Kier molecular flexibility index (Phi) is 3.78. The highest BCUT2D eigenvalue weighted by Crippen LogP contribution is 2.09. The highest BCUT2D eigenvalue weighted by molar-refractivity contribution is 6.03. The van der Waals surface area contributed by atoms with Gasteiger partial charge in [-0.05, 0) is 24.3 Å². The van der Waals surface area contributed by atoms with Crippen molar-refractivity contribution in [2.45, 2.75) is 0 Å². The van der Waals surface area contributed by atoms with Crippen LogP contribution in [0.4, 0.5) is 5.69 Å². The first-order valence-corrected chi connectivity index (χ1v) is 5.72. The molecule has 5 N–H and O–H groups in total. The zero-order valence-electron chi connectivity index (χ0n) is 10.2. The molecule has 0 aliphatic heterocycles. The molecule has 5 heteroatoms. The van der Waals surface area contributed by atoms with E-state index in [1.165, 1.54) is 0 Å². The summed E-state index contributed by atoms with van der Waals surface area (Å²) >= 11 is 0. The quantitative estimate of drug-likeness (QED) is 0.334. The SMILES string of the molecule is N/C(=N\NC(=O)c1ccccc1)c1ccccc1N. The summed E-state index contributed by atoms with van der Waals surface area (Å²) in [5.74, 6) is -0.152. The van der Waals surface area contributed by atoms with Crippen molar-refractivity contribution in [1.29, 1.82) is 0 Å². The molecule has 0 fully saturated rings. The van der Waals surface area contributed by atoms with Crippen LogP contribution in [0.5, 0.6) is 0 Å². The number of carbonyl (C=O) groups is 1. The third-order valence-corrected chi connectivity index (χ3v) is 2.55. The van der Waals surface area contributed by atoms with E-state index in [0.717, 1.165) is 0 Å². The summed E-state index contributed by atoms with van der Waals surface area (Å²) in [6.45, 7) is 0. The number of carbonyl (C=O) groups excluding carboxylic acids is 1. The minimum absolute atomic E-state index is 0.169. The molecule has 0 aromatic heterocycles. The van der Waals surface area contributed by atoms with E-state index in [0.29, 0.717) is 16.8 Å². The molecular formula is C14H14N4O. The molecule has 0 radical (unpaired) electrons. The third kappa shape index (κ3) is 3.10. The van der Waals surface area contributed by atoms with Crippen LogP contribution < -0.4 is 16.9 Å². The van der Waals surface area contributed by atoms with E-state index in [-0.39, 0.29) is 11.7 Å². The molecule has 2 aromatic carbocycles. The number of nitrogens with zero attached hydrogens (tertiary/aromatic N) is 1. The smallest absolute Gasteiger partial charge is 0.271 e. The molecule has 0 saturated carbocycles. The van der Waals surface area contributed by atoms with E-state index >= 15 is 0 Å². The number of nitrogen functional groups attached to an aromatic ring is 1. The van der Waals surface area contributed by atoms with Gasteiger partial charge in [-0.3, -0.25) is 4.79 Å². The lowest BCUT2D eigenvalue weighted by atomic mass is 10.2. The number of rotatable bonds is 3. The number of nitrogens with one attached hydrogen (secondary N) is 1. The molecule has 0 saturated heterocycles. The average Bonchev–Trinajstić information content (AvgIpc) is 2.46. The molecular weight excluding hydrogens is 240 g/mol. The van der Waals surface area contributed by atoms with Gasteiger partial charge < -0.3 is 11.5 Å². The van der Waals surface area contributed by atoms with Gasteiger partial charge >= 0.3 is 0 Å². The Balaban J connectivity index is 2.11. The molecule has 0 unspecified atom stereocenters. The van der Waals surface area contributed by atoms with E-state index in [4.69, 9.17) is 11.5 Å². The van der Waals surface area contributed by atoms with Crippen molar-refractivity contribution < 1.29 is 4.79 Å². The summed E-state index contributed by atoms with van der Waals surface area (Å²) in [5, 5.41) is 3.85. The summed E-state index contributed by atoms with van der Waals surface area (Å²) in [7, 11) is 0. The fourth-order valence-electron chi connectivity index (χ4n) is 1.56. The molecule has 0 aliphatic carbocycles. The van der Waals surface area contributed by atoms with Gasteiger partial charge in [0.25, 0.3) is 5.91 Å². The Morgan fingerprint density at radius 1 is 1.00 bits per heavy atom. The maximum Gasteiger partial charge on any atom is 0.271 e. The molecule has 2 aromatic rings. The predicted molar refractivity (Wildman–Crippen MR) is 75.5 cm³/mol. The highest BCUT2D eigenvalue weighted by Gasteiger charge is 2.05. The zero-order valence-corrected chi connectivity index (χ0v) is 10.2. The average molecular weight is 254 g/mol. The van der Waals surface area contributed by atoms with Gasteiger partial charge in [-0.15, -0.1) is 0 Å². The van der Waals surface area contributed by atoms with Crippen molar-refractivity contribution in [2.75, 3.05) is 5.73 Å². The molecule has 0 heterocycles. The molecule has 0 aliphatic rings. The molecule has 2 rings (SSSR count). The lowest BCUT2D eigenvalue weighted by molar-refractivity contribution is 0.0955. The largest absolute Gasteiger partial charge is 0.398 e. The van der Waals surface area contributed by atoms with Crippen LogP contribution in [0.15, 0.2) is 59.7 Å². The number of para-hydroxylation sites is 1. The Morgan fingerprint density at radius 3 is 2.32 bits per heavy atom. The monoisotopic (exact) mass is 254 g/mol.